The molecule has 1 heterocycles. The number of esters is 1. The zero-order valence-corrected chi connectivity index (χ0v) is 14.7. The van der Waals surface area contributed by atoms with Crippen LogP contribution < -0.4 is 0 Å². The Morgan fingerprint density at radius 3 is 2.32 bits per heavy atom. The van der Waals surface area contributed by atoms with E-state index in [-0.39, 0.29) is 23.6 Å². The van der Waals surface area contributed by atoms with Crippen LogP contribution in [-0.2, 0) is 4.74 Å². The van der Waals surface area contributed by atoms with Crippen LogP contribution in [0.3, 0.4) is 0 Å². The summed E-state index contributed by atoms with van der Waals surface area (Å²) in [5, 5.41) is 24.5. The van der Waals surface area contributed by atoms with Crippen molar-refractivity contribution in [2.24, 2.45) is 0 Å². The van der Waals surface area contributed by atoms with E-state index in [1.807, 2.05) is 0 Å². The number of nitrogens with zero attached hydrogens (tertiary/aromatic N) is 3. The van der Waals surface area contributed by atoms with Gasteiger partial charge in [0.05, 0.1) is 22.9 Å². The minimum atomic E-state index is -1.39. The zero-order chi connectivity index (χ0) is 20.3. The average Bonchev–Trinajstić information content (AvgIpc) is 3.10. The maximum absolute atomic E-state index is 12.5. The van der Waals surface area contributed by atoms with Crippen LogP contribution in [0.25, 0.3) is 16.9 Å². The molecule has 0 amide bonds. The summed E-state index contributed by atoms with van der Waals surface area (Å²) in [5.41, 5.74) is 0.368. The standard InChI is InChI=1S/C19H15N3O6/c1-2-28-19(25)15-16(18(23)24)20-21(17(15)12-6-4-3-5-7-12)13-8-10-14(11-9-13)22(26)27/h3-11H,2H2,1H3,(H,23,24). The molecule has 0 radical (unpaired) electrons. The molecular weight excluding hydrogens is 366 g/mol. The molecule has 3 rings (SSSR count). The van der Waals surface area contributed by atoms with Crippen molar-refractivity contribution in [2.45, 2.75) is 6.92 Å². The number of hydrogen-bond acceptors (Lipinski definition) is 6. The molecular formula is C19H15N3O6. The molecule has 3 aromatic rings. The Morgan fingerprint density at radius 1 is 1.14 bits per heavy atom. The first-order valence-corrected chi connectivity index (χ1v) is 8.27. The maximum Gasteiger partial charge on any atom is 0.357 e. The fourth-order valence-electron chi connectivity index (χ4n) is 2.73. The zero-order valence-electron chi connectivity index (χ0n) is 14.7. The van der Waals surface area contributed by atoms with E-state index in [1.54, 1.807) is 37.3 Å². The molecule has 9 nitrogen and oxygen atoms in total. The molecule has 142 valence electrons. The van der Waals surface area contributed by atoms with Gasteiger partial charge in [-0.05, 0) is 19.1 Å². The lowest BCUT2D eigenvalue weighted by Gasteiger charge is -2.09. The van der Waals surface area contributed by atoms with E-state index in [4.69, 9.17) is 4.74 Å². The van der Waals surface area contributed by atoms with Crippen LogP contribution in [0.4, 0.5) is 5.69 Å². The van der Waals surface area contributed by atoms with Gasteiger partial charge in [0.2, 0.25) is 0 Å². The first kappa shape index (κ1) is 18.8. The summed E-state index contributed by atoms with van der Waals surface area (Å²) < 4.78 is 6.31. The van der Waals surface area contributed by atoms with Crippen molar-refractivity contribution in [3.8, 4) is 16.9 Å². The Balaban J connectivity index is 2.30. The minimum Gasteiger partial charge on any atom is -0.476 e. The first-order valence-electron chi connectivity index (χ1n) is 8.27. The number of carbonyl (C=O) groups excluding carboxylic acids is 1. The third-order valence-electron chi connectivity index (χ3n) is 3.92. The highest BCUT2D eigenvalue weighted by atomic mass is 16.6. The van der Waals surface area contributed by atoms with Crippen LogP contribution in [-0.4, -0.2) is 38.4 Å². The number of rotatable bonds is 6. The number of benzene rings is 2. The van der Waals surface area contributed by atoms with Crippen LogP contribution in [0.15, 0.2) is 54.6 Å². The third kappa shape index (κ3) is 3.45. The molecule has 0 aliphatic heterocycles. The highest BCUT2D eigenvalue weighted by molar-refractivity contribution is 6.06. The van der Waals surface area contributed by atoms with E-state index < -0.39 is 22.6 Å². The number of nitro groups is 1. The lowest BCUT2D eigenvalue weighted by atomic mass is 10.1. The third-order valence-corrected chi connectivity index (χ3v) is 3.92. The van der Waals surface area contributed by atoms with Crippen LogP contribution >= 0.6 is 0 Å². The van der Waals surface area contributed by atoms with E-state index in [0.717, 1.165) is 0 Å². The number of carbonyl (C=O) groups is 2. The molecule has 1 aromatic heterocycles. The molecule has 0 saturated carbocycles. The molecule has 28 heavy (non-hydrogen) atoms. The van der Waals surface area contributed by atoms with Crippen LogP contribution in [0.5, 0.6) is 0 Å². The molecule has 0 bridgehead atoms. The molecule has 2 aromatic carbocycles. The van der Waals surface area contributed by atoms with Gasteiger partial charge in [-0.3, -0.25) is 10.1 Å². The Bertz CT molecular complexity index is 1040. The van der Waals surface area contributed by atoms with Crippen molar-refractivity contribution in [3.63, 3.8) is 0 Å². The lowest BCUT2D eigenvalue weighted by Crippen LogP contribution is -2.11. The summed E-state index contributed by atoms with van der Waals surface area (Å²) in [7, 11) is 0. The maximum atomic E-state index is 12.5. The number of non-ortho nitro benzene ring substituents is 1. The number of nitro benzene ring substituents is 1. The highest BCUT2D eigenvalue weighted by Gasteiger charge is 2.30. The van der Waals surface area contributed by atoms with Gasteiger partial charge in [-0.25, -0.2) is 14.3 Å². The van der Waals surface area contributed by atoms with Crippen molar-refractivity contribution in [1.29, 1.82) is 0 Å². The smallest absolute Gasteiger partial charge is 0.357 e. The molecule has 0 unspecified atom stereocenters. The Kier molecular flexibility index (Phi) is 5.16. The molecule has 0 aliphatic rings. The van der Waals surface area contributed by atoms with Crippen molar-refractivity contribution in [3.05, 3.63) is 76.0 Å². The fourth-order valence-corrected chi connectivity index (χ4v) is 2.73. The van der Waals surface area contributed by atoms with Crippen molar-refractivity contribution in [2.75, 3.05) is 6.61 Å². The Morgan fingerprint density at radius 2 is 1.79 bits per heavy atom. The summed E-state index contributed by atoms with van der Waals surface area (Å²) in [4.78, 5) is 34.6. The van der Waals surface area contributed by atoms with E-state index in [1.165, 1.54) is 28.9 Å². The molecule has 0 atom stereocenters. The fraction of sp³-hybridized carbons (Fsp3) is 0.105. The second-order valence-corrected chi connectivity index (χ2v) is 5.65. The number of carboxylic acids is 1. The van der Waals surface area contributed by atoms with Gasteiger partial charge in [-0.2, -0.15) is 5.10 Å². The van der Waals surface area contributed by atoms with Crippen LogP contribution in [0.2, 0.25) is 0 Å². The second kappa shape index (κ2) is 7.70. The van der Waals surface area contributed by atoms with Gasteiger partial charge in [-0.15, -0.1) is 0 Å². The summed E-state index contributed by atoms with van der Waals surface area (Å²) >= 11 is 0. The van der Waals surface area contributed by atoms with E-state index in [9.17, 15) is 24.8 Å². The highest BCUT2D eigenvalue weighted by Crippen LogP contribution is 2.30. The van der Waals surface area contributed by atoms with E-state index in [2.05, 4.69) is 5.10 Å². The normalized spacial score (nSPS) is 10.5. The number of aromatic nitrogens is 2. The Labute approximate surface area is 158 Å². The minimum absolute atomic E-state index is 0.0643. The predicted octanol–water partition coefficient (Wildman–Crippen LogP) is 3.32. The summed E-state index contributed by atoms with van der Waals surface area (Å²) in [6.45, 7) is 1.68. The van der Waals surface area contributed by atoms with Gasteiger partial charge in [-0.1, -0.05) is 30.3 Å². The van der Waals surface area contributed by atoms with Gasteiger partial charge in [0.1, 0.15) is 5.56 Å². The van der Waals surface area contributed by atoms with Crippen LogP contribution in [0.1, 0.15) is 27.8 Å². The number of carboxylic acid groups (broad SMARTS) is 1. The van der Waals surface area contributed by atoms with E-state index >= 15 is 0 Å². The Hall–Kier alpha value is -4.01. The average molecular weight is 381 g/mol. The van der Waals surface area contributed by atoms with Crippen molar-refractivity contribution < 1.29 is 24.4 Å². The second-order valence-electron chi connectivity index (χ2n) is 5.65. The predicted molar refractivity (Wildman–Crippen MR) is 98.6 cm³/mol. The van der Waals surface area contributed by atoms with Crippen LogP contribution in [0, 0.1) is 10.1 Å². The molecule has 0 spiro atoms. The molecule has 0 fully saturated rings. The quantitative estimate of drug-likeness (QED) is 0.394. The van der Waals surface area contributed by atoms with E-state index in [0.29, 0.717) is 11.3 Å². The van der Waals surface area contributed by atoms with Gasteiger partial charge in [0, 0.05) is 17.7 Å². The molecule has 9 heteroatoms. The van der Waals surface area contributed by atoms with Crippen molar-refractivity contribution >= 4 is 17.6 Å². The first-order chi connectivity index (χ1) is 13.4. The summed E-state index contributed by atoms with van der Waals surface area (Å²) in [6, 6.07) is 14.1. The lowest BCUT2D eigenvalue weighted by molar-refractivity contribution is -0.384. The molecule has 1 N–H and O–H groups in total. The number of hydrogen-bond donors (Lipinski definition) is 1. The molecule has 0 aliphatic carbocycles. The van der Waals surface area contributed by atoms with Gasteiger partial charge >= 0.3 is 11.9 Å². The van der Waals surface area contributed by atoms with Gasteiger partial charge in [0.25, 0.3) is 5.69 Å². The van der Waals surface area contributed by atoms with Gasteiger partial charge < -0.3 is 9.84 Å². The monoisotopic (exact) mass is 381 g/mol. The number of ether oxygens (including phenoxy) is 1. The largest absolute Gasteiger partial charge is 0.476 e. The number of aromatic carboxylic acids is 1. The summed E-state index contributed by atoms with van der Waals surface area (Å²) in [6.07, 6.45) is 0. The SMILES string of the molecule is CCOC(=O)c1c(C(=O)O)nn(-c2ccc([N+](=O)[O-])cc2)c1-c1ccccc1. The topological polar surface area (TPSA) is 125 Å². The molecule has 0 saturated heterocycles. The van der Waals surface area contributed by atoms with Crippen molar-refractivity contribution in [1.82, 2.24) is 9.78 Å². The summed E-state index contributed by atoms with van der Waals surface area (Å²) in [5.74, 6) is -2.20. The van der Waals surface area contributed by atoms with Gasteiger partial charge in [0.15, 0.2) is 5.69 Å².